The van der Waals surface area contributed by atoms with Crippen LogP contribution < -0.4 is 10.6 Å². The molecule has 20 heavy (non-hydrogen) atoms. The Morgan fingerprint density at radius 1 is 1.40 bits per heavy atom. The van der Waals surface area contributed by atoms with E-state index in [0.717, 1.165) is 35.7 Å². The molecule has 1 aromatic heterocycles. The van der Waals surface area contributed by atoms with Gasteiger partial charge >= 0.3 is 0 Å². The van der Waals surface area contributed by atoms with Gasteiger partial charge in [0.1, 0.15) is 10.8 Å². The zero-order chi connectivity index (χ0) is 15.1. The number of thiocarbonyl (C=S) groups is 1. The van der Waals surface area contributed by atoms with Crippen molar-refractivity contribution in [3.05, 3.63) is 22.9 Å². The summed E-state index contributed by atoms with van der Waals surface area (Å²) in [5.41, 5.74) is 9.34. The predicted molar refractivity (Wildman–Crippen MR) is 89.4 cm³/mol. The first-order valence-corrected chi connectivity index (χ1v) is 7.64. The molecule has 1 fully saturated rings. The molecule has 1 unspecified atom stereocenters. The third-order valence-corrected chi connectivity index (χ3v) is 4.49. The Bertz CT molecular complexity index is 531. The second-order valence-electron chi connectivity index (χ2n) is 6.94. The normalized spacial score (nSPS) is 19.4. The molecule has 1 aliphatic heterocycles. The molecule has 0 amide bonds. The lowest BCUT2D eigenvalue weighted by Crippen LogP contribution is -2.29. The summed E-state index contributed by atoms with van der Waals surface area (Å²) in [5, 5.41) is 0. The fourth-order valence-electron chi connectivity index (χ4n) is 3.01. The maximum absolute atomic E-state index is 5.92. The van der Waals surface area contributed by atoms with Crippen LogP contribution in [0.25, 0.3) is 0 Å². The van der Waals surface area contributed by atoms with Crippen LogP contribution in [0.1, 0.15) is 44.0 Å². The van der Waals surface area contributed by atoms with Gasteiger partial charge < -0.3 is 10.6 Å². The van der Waals surface area contributed by atoms with Crippen LogP contribution in [-0.4, -0.2) is 23.1 Å². The van der Waals surface area contributed by atoms with Crippen LogP contribution in [0.4, 0.5) is 5.82 Å². The topological polar surface area (TPSA) is 42.1 Å². The van der Waals surface area contributed by atoms with E-state index in [4.69, 9.17) is 22.9 Å². The van der Waals surface area contributed by atoms with Crippen LogP contribution in [0.5, 0.6) is 0 Å². The molecule has 2 N–H and O–H groups in total. The first-order chi connectivity index (χ1) is 9.20. The average molecular weight is 291 g/mol. The van der Waals surface area contributed by atoms with Gasteiger partial charge in [0.2, 0.25) is 0 Å². The minimum atomic E-state index is 0.330. The van der Waals surface area contributed by atoms with Gasteiger partial charge in [0, 0.05) is 18.8 Å². The van der Waals surface area contributed by atoms with E-state index in [1.807, 2.05) is 6.92 Å². The highest BCUT2D eigenvalue weighted by molar-refractivity contribution is 7.80. The molecular formula is C16H25N3S. The molecular weight excluding hydrogens is 266 g/mol. The van der Waals surface area contributed by atoms with Crippen LogP contribution >= 0.6 is 12.2 Å². The number of nitrogens with two attached hydrogens (primary N) is 1. The summed E-state index contributed by atoms with van der Waals surface area (Å²) in [6, 6.07) is 2.05. The van der Waals surface area contributed by atoms with Gasteiger partial charge in [-0.25, -0.2) is 4.98 Å². The maximum atomic E-state index is 5.92. The molecule has 3 nitrogen and oxygen atoms in total. The monoisotopic (exact) mass is 291 g/mol. The Balaban J connectivity index is 2.37. The Hall–Kier alpha value is -1.16. The Labute approximate surface area is 127 Å². The summed E-state index contributed by atoms with van der Waals surface area (Å²) in [7, 11) is 0. The summed E-state index contributed by atoms with van der Waals surface area (Å²) in [4.78, 5) is 7.51. The van der Waals surface area contributed by atoms with E-state index in [-0.39, 0.29) is 0 Å². The minimum Gasteiger partial charge on any atom is -0.389 e. The molecule has 110 valence electrons. The lowest BCUT2D eigenvalue weighted by atomic mass is 9.80. The highest BCUT2D eigenvalue weighted by Crippen LogP contribution is 2.36. The number of rotatable bonds is 2. The van der Waals surface area contributed by atoms with E-state index >= 15 is 0 Å². The van der Waals surface area contributed by atoms with Crippen molar-refractivity contribution < 1.29 is 0 Å². The van der Waals surface area contributed by atoms with Crippen molar-refractivity contribution in [2.75, 3.05) is 18.0 Å². The highest BCUT2D eigenvalue weighted by atomic mass is 32.1. The van der Waals surface area contributed by atoms with Crippen LogP contribution in [0, 0.1) is 25.2 Å². The van der Waals surface area contributed by atoms with Crippen LogP contribution in [0.2, 0.25) is 0 Å². The van der Waals surface area contributed by atoms with E-state index in [9.17, 15) is 0 Å². The molecule has 0 saturated carbocycles. The zero-order valence-corrected chi connectivity index (χ0v) is 14.0. The van der Waals surface area contributed by atoms with E-state index in [0.29, 0.717) is 16.3 Å². The first-order valence-electron chi connectivity index (χ1n) is 7.23. The van der Waals surface area contributed by atoms with Gasteiger partial charge in [-0.05, 0) is 43.2 Å². The summed E-state index contributed by atoms with van der Waals surface area (Å²) >= 11 is 5.23. The van der Waals surface area contributed by atoms with Crippen molar-refractivity contribution in [2.24, 2.45) is 17.1 Å². The predicted octanol–water partition coefficient (Wildman–Crippen LogP) is 3.21. The molecule has 0 aliphatic carbocycles. The van der Waals surface area contributed by atoms with Crippen molar-refractivity contribution in [1.82, 2.24) is 4.98 Å². The molecule has 1 aliphatic rings. The van der Waals surface area contributed by atoms with Crippen molar-refractivity contribution in [1.29, 1.82) is 0 Å². The molecule has 0 bridgehead atoms. The number of aromatic nitrogens is 1. The first kappa shape index (κ1) is 15.2. The number of hydrogen-bond donors (Lipinski definition) is 1. The Morgan fingerprint density at radius 2 is 2.05 bits per heavy atom. The molecule has 1 saturated heterocycles. The fourth-order valence-corrected chi connectivity index (χ4v) is 3.26. The van der Waals surface area contributed by atoms with E-state index in [1.165, 1.54) is 6.42 Å². The van der Waals surface area contributed by atoms with Crippen molar-refractivity contribution in [3.8, 4) is 0 Å². The van der Waals surface area contributed by atoms with E-state index < -0.39 is 0 Å². The smallest absolute Gasteiger partial charge is 0.139 e. The highest BCUT2D eigenvalue weighted by Gasteiger charge is 2.33. The van der Waals surface area contributed by atoms with E-state index in [2.05, 4.69) is 38.7 Å². The van der Waals surface area contributed by atoms with Gasteiger partial charge in [0.15, 0.2) is 0 Å². The Morgan fingerprint density at radius 3 is 2.55 bits per heavy atom. The molecule has 0 spiro atoms. The lowest BCUT2D eigenvalue weighted by molar-refractivity contribution is 0.263. The molecule has 1 atom stereocenters. The van der Waals surface area contributed by atoms with Gasteiger partial charge in [-0.1, -0.05) is 33.0 Å². The van der Waals surface area contributed by atoms with Crippen molar-refractivity contribution in [3.63, 3.8) is 0 Å². The standard InChI is InChI=1S/C16H25N3S/c1-10-8-11(2)18-15(13(10)14(17)20)19-7-6-12(9-19)16(3,4)5/h8,12H,6-7,9H2,1-5H3,(H2,17,20). The van der Waals surface area contributed by atoms with Crippen molar-refractivity contribution >= 4 is 23.0 Å². The zero-order valence-electron chi connectivity index (χ0n) is 13.2. The van der Waals surface area contributed by atoms with Gasteiger partial charge in [-0.2, -0.15) is 0 Å². The molecule has 4 heteroatoms. The summed E-state index contributed by atoms with van der Waals surface area (Å²) in [6.07, 6.45) is 1.20. The summed E-state index contributed by atoms with van der Waals surface area (Å²) in [6.45, 7) is 13.1. The molecule has 1 aromatic rings. The van der Waals surface area contributed by atoms with Gasteiger partial charge in [-0.3, -0.25) is 0 Å². The van der Waals surface area contributed by atoms with Crippen LogP contribution in [0.15, 0.2) is 6.07 Å². The summed E-state index contributed by atoms with van der Waals surface area (Å²) < 4.78 is 0. The third kappa shape index (κ3) is 2.95. The SMILES string of the molecule is Cc1cc(C)c(C(N)=S)c(N2CCC(C(C)(C)C)C2)n1. The van der Waals surface area contributed by atoms with Gasteiger partial charge in [0.25, 0.3) is 0 Å². The Kier molecular flexibility index (Phi) is 4.05. The fraction of sp³-hybridized carbons (Fsp3) is 0.625. The third-order valence-electron chi connectivity index (χ3n) is 4.28. The quantitative estimate of drug-likeness (QED) is 0.850. The lowest BCUT2D eigenvalue weighted by Gasteiger charge is -2.28. The molecule has 2 rings (SSSR count). The molecule has 0 radical (unpaired) electrons. The molecule has 2 heterocycles. The van der Waals surface area contributed by atoms with Gasteiger partial charge in [0.05, 0.1) is 5.56 Å². The number of aryl methyl sites for hydroxylation is 2. The van der Waals surface area contributed by atoms with Crippen molar-refractivity contribution in [2.45, 2.75) is 41.0 Å². The summed E-state index contributed by atoms with van der Waals surface area (Å²) in [5.74, 6) is 1.66. The minimum absolute atomic E-state index is 0.330. The van der Waals surface area contributed by atoms with Gasteiger partial charge in [-0.15, -0.1) is 0 Å². The molecule has 0 aromatic carbocycles. The maximum Gasteiger partial charge on any atom is 0.139 e. The second-order valence-corrected chi connectivity index (χ2v) is 7.38. The largest absolute Gasteiger partial charge is 0.389 e. The van der Waals surface area contributed by atoms with Crippen LogP contribution in [0.3, 0.4) is 0 Å². The van der Waals surface area contributed by atoms with Crippen LogP contribution in [-0.2, 0) is 0 Å². The number of anilines is 1. The number of nitrogens with zero attached hydrogens (tertiary/aromatic N) is 2. The average Bonchev–Trinajstić information content (AvgIpc) is 2.75. The second kappa shape index (κ2) is 5.32. The number of pyridine rings is 1. The number of hydrogen-bond acceptors (Lipinski definition) is 3. The van der Waals surface area contributed by atoms with E-state index in [1.54, 1.807) is 0 Å².